The first-order valence-corrected chi connectivity index (χ1v) is 12.5. The van der Waals surface area contributed by atoms with Gasteiger partial charge in [0.1, 0.15) is 24.7 Å². The highest BCUT2D eigenvalue weighted by atomic mass is 32.2. The number of sulfone groups is 1. The quantitative estimate of drug-likeness (QED) is 0.498. The van der Waals surface area contributed by atoms with Gasteiger partial charge in [-0.1, -0.05) is 6.07 Å². The predicted molar refractivity (Wildman–Crippen MR) is 120 cm³/mol. The lowest BCUT2D eigenvalue weighted by atomic mass is 10.1. The molecule has 7 nitrogen and oxygen atoms in total. The van der Waals surface area contributed by atoms with Crippen molar-refractivity contribution in [3.8, 4) is 23.0 Å². The van der Waals surface area contributed by atoms with Crippen LogP contribution in [0.3, 0.4) is 0 Å². The fourth-order valence-corrected chi connectivity index (χ4v) is 5.09. The van der Waals surface area contributed by atoms with Crippen molar-refractivity contribution >= 4 is 9.84 Å². The summed E-state index contributed by atoms with van der Waals surface area (Å²) in [5.74, 6) is 3.37. The smallest absolute Gasteiger partial charge is 0.161 e. The molecule has 0 unspecified atom stereocenters. The maximum Gasteiger partial charge on any atom is 0.161 e. The largest absolute Gasteiger partial charge is 0.494 e. The lowest BCUT2D eigenvalue weighted by Crippen LogP contribution is -2.29. The number of nitrogens with one attached hydrogen (secondary N) is 1. The lowest BCUT2D eigenvalue weighted by Gasteiger charge is -2.15. The van der Waals surface area contributed by atoms with Gasteiger partial charge in [-0.25, -0.2) is 8.42 Å². The van der Waals surface area contributed by atoms with E-state index in [0.29, 0.717) is 50.9 Å². The van der Waals surface area contributed by atoms with E-state index in [1.165, 1.54) is 0 Å². The van der Waals surface area contributed by atoms with Crippen LogP contribution in [0.2, 0.25) is 0 Å². The minimum absolute atomic E-state index is 0.0104. The Morgan fingerprint density at radius 2 is 1.55 bits per heavy atom. The number of hydrogen-bond acceptors (Lipinski definition) is 7. The molecular formula is C23H31NO6S. The summed E-state index contributed by atoms with van der Waals surface area (Å²) in [7, 11) is -2.89. The van der Waals surface area contributed by atoms with Crippen molar-refractivity contribution in [3.05, 3.63) is 48.0 Å². The van der Waals surface area contributed by atoms with Gasteiger partial charge in [-0.15, -0.1) is 0 Å². The van der Waals surface area contributed by atoms with Crippen molar-refractivity contribution in [2.75, 3.05) is 37.9 Å². The summed E-state index contributed by atoms with van der Waals surface area (Å²) in [5.41, 5.74) is 1.02. The zero-order valence-electron chi connectivity index (χ0n) is 18.1. The van der Waals surface area contributed by atoms with Crippen molar-refractivity contribution in [3.63, 3.8) is 0 Å². The van der Waals surface area contributed by atoms with E-state index in [-0.39, 0.29) is 17.5 Å². The van der Waals surface area contributed by atoms with Gasteiger partial charge >= 0.3 is 0 Å². The highest BCUT2D eigenvalue weighted by molar-refractivity contribution is 7.91. The molecule has 1 aliphatic heterocycles. The first-order valence-electron chi connectivity index (χ1n) is 10.7. The third-order valence-electron chi connectivity index (χ3n) is 4.88. The molecule has 1 N–H and O–H groups in total. The summed E-state index contributed by atoms with van der Waals surface area (Å²) in [6.45, 7) is 6.40. The molecule has 31 heavy (non-hydrogen) atoms. The molecule has 1 heterocycles. The van der Waals surface area contributed by atoms with Gasteiger partial charge in [-0.3, -0.25) is 0 Å². The van der Waals surface area contributed by atoms with Crippen molar-refractivity contribution in [2.45, 2.75) is 32.9 Å². The van der Waals surface area contributed by atoms with E-state index < -0.39 is 9.84 Å². The van der Waals surface area contributed by atoms with E-state index in [1.807, 2.05) is 56.3 Å². The van der Waals surface area contributed by atoms with E-state index in [0.717, 1.165) is 17.1 Å². The van der Waals surface area contributed by atoms with E-state index in [2.05, 4.69) is 5.32 Å². The van der Waals surface area contributed by atoms with Crippen LogP contribution in [0.25, 0.3) is 0 Å². The fourth-order valence-electron chi connectivity index (χ4n) is 3.38. The standard InChI is InChI=1S/C23H31NO6S/c1-3-27-20-6-8-21(9-7-20)29-12-13-30-22-10-5-18(15-23(22)28-4-2)16-24-19-11-14-31(25,26)17-19/h5-10,15,19,24H,3-4,11-14,16-17H2,1-2H3/t19-/m1/s1. The van der Waals surface area contributed by atoms with Crippen molar-refractivity contribution in [2.24, 2.45) is 0 Å². The molecule has 1 atom stereocenters. The number of rotatable bonds is 12. The maximum absolute atomic E-state index is 11.6. The second-order valence-corrected chi connectivity index (χ2v) is 9.53. The normalized spacial score (nSPS) is 17.3. The summed E-state index contributed by atoms with van der Waals surface area (Å²) >= 11 is 0. The van der Waals surface area contributed by atoms with Crippen LogP contribution in [0.4, 0.5) is 0 Å². The van der Waals surface area contributed by atoms with Crippen LogP contribution < -0.4 is 24.3 Å². The fraction of sp³-hybridized carbons (Fsp3) is 0.478. The second kappa shape index (κ2) is 11.2. The molecule has 0 spiro atoms. The minimum atomic E-state index is -2.89. The topological polar surface area (TPSA) is 83.1 Å². The maximum atomic E-state index is 11.6. The van der Waals surface area contributed by atoms with Gasteiger partial charge in [0.25, 0.3) is 0 Å². The molecule has 2 aromatic rings. The van der Waals surface area contributed by atoms with Crippen LogP contribution >= 0.6 is 0 Å². The molecule has 8 heteroatoms. The van der Waals surface area contributed by atoms with E-state index in [4.69, 9.17) is 18.9 Å². The zero-order valence-corrected chi connectivity index (χ0v) is 18.9. The number of ether oxygens (including phenoxy) is 4. The van der Waals surface area contributed by atoms with Crippen LogP contribution in [0.15, 0.2) is 42.5 Å². The Bertz CT molecular complexity index is 930. The summed E-state index contributed by atoms with van der Waals surface area (Å²) in [6.07, 6.45) is 0.663. The van der Waals surface area contributed by atoms with Gasteiger partial charge in [0.05, 0.1) is 24.7 Å². The second-order valence-electron chi connectivity index (χ2n) is 7.30. The van der Waals surface area contributed by atoms with Crippen molar-refractivity contribution in [1.82, 2.24) is 5.32 Å². The average Bonchev–Trinajstić information content (AvgIpc) is 3.11. The van der Waals surface area contributed by atoms with E-state index >= 15 is 0 Å². The van der Waals surface area contributed by atoms with Gasteiger partial charge in [0.15, 0.2) is 21.3 Å². The predicted octanol–water partition coefficient (Wildman–Crippen LogP) is 3.22. The van der Waals surface area contributed by atoms with Crippen LogP contribution in [0.1, 0.15) is 25.8 Å². The van der Waals surface area contributed by atoms with Crippen LogP contribution in [0, 0.1) is 0 Å². The molecule has 1 fully saturated rings. The van der Waals surface area contributed by atoms with E-state index in [9.17, 15) is 8.42 Å². The van der Waals surface area contributed by atoms with Gasteiger partial charge < -0.3 is 24.3 Å². The lowest BCUT2D eigenvalue weighted by molar-refractivity contribution is 0.208. The molecule has 3 rings (SSSR count). The van der Waals surface area contributed by atoms with Crippen LogP contribution in [-0.2, 0) is 16.4 Å². The molecule has 2 aromatic carbocycles. The molecular weight excluding hydrogens is 418 g/mol. The Hall–Kier alpha value is -2.45. The van der Waals surface area contributed by atoms with Gasteiger partial charge in [-0.05, 0) is 62.2 Å². The Labute approximate surface area is 184 Å². The molecule has 0 radical (unpaired) electrons. The van der Waals surface area contributed by atoms with Gasteiger partial charge in [0, 0.05) is 12.6 Å². The Morgan fingerprint density at radius 3 is 2.19 bits per heavy atom. The minimum Gasteiger partial charge on any atom is -0.494 e. The highest BCUT2D eigenvalue weighted by Crippen LogP contribution is 2.29. The average molecular weight is 450 g/mol. The molecule has 1 aliphatic rings. The van der Waals surface area contributed by atoms with Crippen LogP contribution in [0.5, 0.6) is 23.0 Å². The molecule has 0 aromatic heterocycles. The first-order chi connectivity index (χ1) is 15.0. The molecule has 0 bridgehead atoms. The Kier molecular flexibility index (Phi) is 8.43. The molecule has 0 amide bonds. The van der Waals surface area contributed by atoms with Crippen molar-refractivity contribution in [1.29, 1.82) is 0 Å². The Morgan fingerprint density at radius 1 is 0.871 bits per heavy atom. The molecule has 0 aliphatic carbocycles. The molecule has 1 saturated heterocycles. The summed E-state index contributed by atoms with van der Waals surface area (Å²) in [5, 5.41) is 3.32. The van der Waals surface area contributed by atoms with Crippen LogP contribution in [-0.4, -0.2) is 52.4 Å². The van der Waals surface area contributed by atoms with Gasteiger partial charge in [-0.2, -0.15) is 0 Å². The number of hydrogen-bond donors (Lipinski definition) is 1. The summed E-state index contributed by atoms with van der Waals surface area (Å²) in [4.78, 5) is 0. The first kappa shape index (κ1) is 23.2. The molecule has 170 valence electrons. The monoisotopic (exact) mass is 449 g/mol. The van der Waals surface area contributed by atoms with Gasteiger partial charge in [0.2, 0.25) is 0 Å². The molecule has 0 saturated carbocycles. The third-order valence-corrected chi connectivity index (χ3v) is 6.65. The Balaban J connectivity index is 1.48. The van der Waals surface area contributed by atoms with E-state index in [1.54, 1.807) is 0 Å². The zero-order chi connectivity index (χ0) is 22.1. The summed E-state index contributed by atoms with van der Waals surface area (Å²) < 4.78 is 45.9. The highest BCUT2D eigenvalue weighted by Gasteiger charge is 2.27. The van der Waals surface area contributed by atoms with Crippen molar-refractivity contribution < 1.29 is 27.4 Å². The number of benzene rings is 2. The third kappa shape index (κ3) is 7.33. The SMILES string of the molecule is CCOc1ccc(OCCOc2ccc(CN[C@@H]3CCS(=O)(=O)C3)cc2OCC)cc1. The summed E-state index contributed by atoms with van der Waals surface area (Å²) in [6, 6.07) is 13.3.